The molecule has 1 aromatic carbocycles. The number of carbonyl (C=O) groups excluding carboxylic acids is 1. The Morgan fingerprint density at radius 3 is 1.96 bits per heavy atom. The van der Waals surface area contributed by atoms with Crippen LogP contribution < -0.4 is 10.6 Å². The van der Waals surface area contributed by atoms with Gasteiger partial charge in [0, 0.05) is 24.6 Å². The molecule has 5 nitrogen and oxygen atoms in total. The van der Waals surface area contributed by atoms with Crippen molar-refractivity contribution in [1.82, 2.24) is 15.3 Å². The molecule has 1 aromatic heterocycles. The van der Waals surface area contributed by atoms with Crippen molar-refractivity contribution in [2.45, 2.75) is 53.4 Å². The molecular formula is C21H30N4O. The average Bonchev–Trinajstić information content (AvgIpc) is 2.60. The third-order valence-corrected chi connectivity index (χ3v) is 4.19. The maximum Gasteiger partial charge on any atom is 0.254 e. The molecule has 0 aliphatic carbocycles. The minimum Gasteiger partial charge on any atom is -0.352 e. The van der Waals surface area contributed by atoms with E-state index in [1.807, 2.05) is 0 Å². The monoisotopic (exact) mass is 354 g/mol. The predicted octanol–water partition coefficient (Wildman–Crippen LogP) is 4.85. The van der Waals surface area contributed by atoms with Gasteiger partial charge in [-0.25, -0.2) is 9.97 Å². The quantitative estimate of drug-likeness (QED) is 0.745. The summed E-state index contributed by atoms with van der Waals surface area (Å²) in [5.41, 5.74) is 4.00. The van der Waals surface area contributed by atoms with Crippen LogP contribution in [-0.2, 0) is 0 Å². The number of amides is 1. The topological polar surface area (TPSA) is 66.9 Å². The lowest BCUT2D eigenvalue weighted by molar-refractivity contribution is 0.0948. The number of rotatable bonds is 7. The molecule has 2 rings (SSSR count). The molecule has 2 aromatic rings. The fourth-order valence-corrected chi connectivity index (χ4v) is 2.72. The first-order chi connectivity index (χ1) is 12.3. The summed E-state index contributed by atoms with van der Waals surface area (Å²) in [7, 11) is 0. The van der Waals surface area contributed by atoms with Crippen molar-refractivity contribution in [2.24, 2.45) is 5.92 Å². The van der Waals surface area contributed by atoms with Gasteiger partial charge in [-0.2, -0.15) is 0 Å². The van der Waals surface area contributed by atoms with Gasteiger partial charge >= 0.3 is 0 Å². The van der Waals surface area contributed by atoms with Gasteiger partial charge in [0.2, 0.25) is 5.95 Å². The lowest BCUT2D eigenvalue weighted by Crippen LogP contribution is -2.27. The zero-order chi connectivity index (χ0) is 19.3. The van der Waals surface area contributed by atoms with Crippen molar-refractivity contribution in [1.29, 1.82) is 0 Å². The van der Waals surface area contributed by atoms with Gasteiger partial charge in [0.05, 0.1) is 5.56 Å². The zero-order valence-corrected chi connectivity index (χ0v) is 16.6. The second kappa shape index (κ2) is 8.79. The minimum atomic E-state index is -0.143. The highest BCUT2D eigenvalue weighted by Gasteiger charge is 2.15. The Bertz CT molecular complexity index is 710. The normalized spacial score (nSPS) is 11.3. The van der Waals surface area contributed by atoms with Gasteiger partial charge in [-0.15, -0.1) is 0 Å². The second-order valence-electron chi connectivity index (χ2n) is 7.65. The van der Waals surface area contributed by atoms with E-state index < -0.39 is 0 Å². The number of benzene rings is 1. The number of hydrogen-bond donors (Lipinski definition) is 2. The van der Waals surface area contributed by atoms with Crippen LogP contribution in [0.4, 0.5) is 11.6 Å². The molecule has 0 saturated carbocycles. The van der Waals surface area contributed by atoms with Crippen molar-refractivity contribution in [3.63, 3.8) is 0 Å². The molecule has 1 heterocycles. The molecule has 0 aliphatic rings. The van der Waals surface area contributed by atoms with Gasteiger partial charge < -0.3 is 10.6 Å². The molecule has 0 saturated heterocycles. The number of aromatic nitrogens is 2. The summed E-state index contributed by atoms with van der Waals surface area (Å²) in [6, 6.07) is 6.36. The summed E-state index contributed by atoms with van der Waals surface area (Å²) < 4.78 is 0. The Morgan fingerprint density at radius 2 is 1.50 bits per heavy atom. The Labute approximate surface area is 156 Å². The maximum atomic E-state index is 12.1. The fourth-order valence-electron chi connectivity index (χ4n) is 2.72. The Hall–Kier alpha value is -2.43. The van der Waals surface area contributed by atoms with E-state index >= 15 is 0 Å². The first kappa shape index (κ1) is 19.9. The lowest BCUT2D eigenvalue weighted by atomic mass is 9.93. The minimum absolute atomic E-state index is 0.143. The molecule has 1 amide bonds. The molecule has 0 bridgehead atoms. The van der Waals surface area contributed by atoms with Crippen molar-refractivity contribution in [3.05, 3.63) is 47.3 Å². The van der Waals surface area contributed by atoms with Crippen molar-refractivity contribution < 1.29 is 4.79 Å². The van der Waals surface area contributed by atoms with E-state index in [-0.39, 0.29) is 5.91 Å². The first-order valence-corrected chi connectivity index (χ1v) is 9.29. The van der Waals surface area contributed by atoms with Gasteiger partial charge in [-0.1, -0.05) is 59.7 Å². The Kier molecular flexibility index (Phi) is 6.72. The molecule has 0 atom stereocenters. The molecule has 140 valence electrons. The Balaban J connectivity index is 2.23. The molecule has 0 fully saturated rings. The van der Waals surface area contributed by atoms with Crippen LogP contribution in [0.5, 0.6) is 0 Å². The van der Waals surface area contributed by atoms with Crippen molar-refractivity contribution >= 4 is 17.5 Å². The van der Waals surface area contributed by atoms with Crippen LogP contribution in [0.1, 0.15) is 74.9 Å². The molecule has 0 unspecified atom stereocenters. The van der Waals surface area contributed by atoms with Crippen LogP contribution >= 0.6 is 0 Å². The summed E-state index contributed by atoms with van der Waals surface area (Å²) in [6.07, 6.45) is 3.13. The second-order valence-corrected chi connectivity index (χ2v) is 7.65. The summed E-state index contributed by atoms with van der Waals surface area (Å²) in [4.78, 5) is 20.8. The molecule has 26 heavy (non-hydrogen) atoms. The van der Waals surface area contributed by atoms with E-state index in [0.29, 0.717) is 35.8 Å². The summed E-state index contributed by atoms with van der Waals surface area (Å²) in [5.74, 6) is 1.54. The van der Waals surface area contributed by atoms with E-state index in [9.17, 15) is 4.79 Å². The van der Waals surface area contributed by atoms with E-state index in [0.717, 1.165) is 5.69 Å². The van der Waals surface area contributed by atoms with Gasteiger partial charge in [-0.05, 0) is 28.9 Å². The standard InChI is InChI=1S/C21H30N4O/c1-13(2)10-22-20(26)16-11-23-21(24-12-16)25-19-17(14(3)4)8-7-9-18(19)15(5)6/h7-9,11-15H,10H2,1-6H3,(H,22,26)(H,23,24,25). The van der Waals surface area contributed by atoms with Crippen LogP contribution in [-0.4, -0.2) is 22.4 Å². The predicted molar refractivity (Wildman–Crippen MR) is 107 cm³/mol. The van der Waals surface area contributed by atoms with Crippen LogP contribution in [0.25, 0.3) is 0 Å². The smallest absolute Gasteiger partial charge is 0.254 e. The van der Waals surface area contributed by atoms with Gasteiger partial charge in [0.1, 0.15) is 0 Å². The van der Waals surface area contributed by atoms with Gasteiger partial charge in [0.15, 0.2) is 0 Å². The van der Waals surface area contributed by atoms with Gasteiger partial charge in [-0.3, -0.25) is 4.79 Å². The number of anilines is 2. The summed E-state index contributed by atoms with van der Waals surface area (Å²) in [5, 5.41) is 6.24. The van der Waals surface area contributed by atoms with E-state index in [4.69, 9.17) is 0 Å². The number of nitrogens with zero attached hydrogens (tertiary/aromatic N) is 2. The highest BCUT2D eigenvalue weighted by Crippen LogP contribution is 2.33. The lowest BCUT2D eigenvalue weighted by Gasteiger charge is -2.20. The molecule has 5 heteroatoms. The third kappa shape index (κ3) is 5.04. The van der Waals surface area contributed by atoms with Crippen molar-refractivity contribution in [2.75, 3.05) is 11.9 Å². The van der Waals surface area contributed by atoms with Crippen LogP contribution in [0, 0.1) is 5.92 Å². The average molecular weight is 354 g/mol. The summed E-state index contributed by atoms with van der Waals surface area (Å²) >= 11 is 0. The SMILES string of the molecule is CC(C)CNC(=O)c1cnc(Nc2c(C(C)C)cccc2C(C)C)nc1. The van der Waals surface area contributed by atoms with Crippen LogP contribution in [0.3, 0.4) is 0 Å². The van der Waals surface area contributed by atoms with Crippen molar-refractivity contribution in [3.8, 4) is 0 Å². The molecule has 0 radical (unpaired) electrons. The zero-order valence-electron chi connectivity index (χ0n) is 16.6. The molecule has 0 aliphatic heterocycles. The van der Waals surface area contributed by atoms with E-state index in [1.165, 1.54) is 11.1 Å². The number of nitrogens with one attached hydrogen (secondary N) is 2. The number of hydrogen-bond acceptors (Lipinski definition) is 4. The van der Waals surface area contributed by atoms with Gasteiger partial charge in [0.25, 0.3) is 5.91 Å². The fraction of sp³-hybridized carbons (Fsp3) is 0.476. The maximum absolute atomic E-state index is 12.1. The highest BCUT2D eigenvalue weighted by atomic mass is 16.1. The molecular weight excluding hydrogens is 324 g/mol. The Morgan fingerprint density at radius 1 is 0.962 bits per heavy atom. The highest BCUT2D eigenvalue weighted by molar-refractivity contribution is 5.93. The van der Waals surface area contributed by atoms with E-state index in [2.05, 4.69) is 80.3 Å². The third-order valence-electron chi connectivity index (χ3n) is 4.19. The van der Waals surface area contributed by atoms with Crippen LogP contribution in [0.2, 0.25) is 0 Å². The number of carbonyl (C=O) groups is 1. The van der Waals surface area contributed by atoms with Crippen LogP contribution in [0.15, 0.2) is 30.6 Å². The summed E-state index contributed by atoms with van der Waals surface area (Å²) in [6.45, 7) is 13.4. The first-order valence-electron chi connectivity index (χ1n) is 9.29. The largest absolute Gasteiger partial charge is 0.352 e. The van der Waals surface area contributed by atoms with E-state index in [1.54, 1.807) is 12.4 Å². The molecule has 0 spiro atoms. The molecule has 2 N–H and O–H groups in total. The number of para-hydroxylation sites is 1.